The lowest BCUT2D eigenvalue weighted by atomic mass is 9.87. The summed E-state index contributed by atoms with van der Waals surface area (Å²) < 4.78 is 12.9. The van der Waals surface area contributed by atoms with E-state index < -0.39 is 12.1 Å². The lowest BCUT2D eigenvalue weighted by Gasteiger charge is -2.20. The minimum atomic E-state index is -0.628. The molecule has 220 valence electrons. The summed E-state index contributed by atoms with van der Waals surface area (Å²) in [5, 5.41) is 12.2. The normalized spacial score (nSPS) is 12.0. The minimum Gasteiger partial charge on any atom is -0.483 e. The number of amides is 2. The summed E-state index contributed by atoms with van der Waals surface area (Å²) in [7, 11) is 4.50. The Morgan fingerprint density at radius 3 is 2.41 bits per heavy atom. The van der Waals surface area contributed by atoms with Crippen molar-refractivity contribution in [3.05, 3.63) is 64.3 Å². The van der Waals surface area contributed by atoms with Crippen LogP contribution >= 0.6 is 23.1 Å². The fraction of sp³-hybridized carbons (Fsp3) is 0.414. The first-order valence-corrected chi connectivity index (χ1v) is 14.8. The van der Waals surface area contributed by atoms with Gasteiger partial charge in [0.15, 0.2) is 17.1 Å². The topological polar surface area (TPSA) is 116 Å². The van der Waals surface area contributed by atoms with Gasteiger partial charge in [-0.3, -0.25) is 14.2 Å². The van der Waals surface area contributed by atoms with E-state index in [1.54, 1.807) is 27.1 Å². The van der Waals surface area contributed by atoms with Gasteiger partial charge in [-0.2, -0.15) is 0 Å². The smallest absolute Gasteiger partial charge is 0.341 e. The number of thioether (sulfide) groups is 1. The van der Waals surface area contributed by atoms with Crippen LogP contribution in [-0.2, 0) is 21.5 Å². The van der Waals surface area contributed by atoms with E-state index in [1.165, 1.54) is 29.3 Å². The lowest BCUT2D eigenvalue weighted by molar-refractivity contribution is -0.113. The lowest BCUT2D eigenvalue weighted by Crippen LogP contribution is -2.21. The summed E-state index contributed by atoms with van der Waals surface area (Å²) in [6.07, 6.45) is 1.32. The Labute approximate surface area is 249 Å². The van der Waals surface area contributed by atoms with E-state index in [9.17, 15) is 14.4 Å². The Kier molecular flexibility index (Phi) is 10.4. The van der Waals surface area contributed by atoms with Crippen LogP contribution in [0.3, 0.4) is 0 Å². The molecule has 1 N–H and O–H groups in total. The van der Waals surface area contributed by atoms with Crippen LogP contribution < -0.4 is 10.1 Å². The molecule has 0 saturated heterocycles. The van der Waals surface area contributed by atoms with Gasteiger partial charge in [-0.15, -0.1) is 28.1 Å². The summed E-state index contributed by atoms with van der Waals surface area (Å²) in [6.45, 7) is 14.3. The standard InChI is InChI=1S/C29H37N5O5S2/c1-10-15-34-24(18(3)39-20-13-11-19(12-14-20)29(4,5)6)31-32-28(34)40-16-21(35)30-25-22(27(37)38-9)17(2)23(41-25)26(36)33(7)8/h10-14,18H,1,15-16H2,2-9H3,(H,30,35). The van der Waals surface area contributed by atoms with Gasteiger partial charge in [0.2, 0.25) is 5.91 Å². The summed E-state index contributed by atoms with van der Waals surface area (Å²) in [6, 6.07) is 7.99. The molecule has 1 aromatic carbocycles. The zero-order chi connectivity index (χ0) is 30.5. The molecule has 0 radical (unpaired) electrons. The fourth-order valence-corrected chi connectivity index (χ4v) is 5.94. The number of thiophene rings is 1. The molecule has 3 aromatic rings. The van der Waals surface area contributed by atoms with E-state index in [0.29, 0.717) is 33.7 Å². The molecule has 0 spiro atoms. The van der Waals surface area contributed by atoms with Crippen LogP contribution in [0.2, 0.25) is 0 Å². The number of carbonyl (C=O) groups is 3. The first-order chi connectivity index (χ1) is 19.3. The molecule has 2 amide bonds. The van der Waals surface area contributed by atoms with Crippen LogP contribution in [0.4, 0.5) is 5.00 Å². The van der Waals surface area contributed by atoms with E-state index in [0.717, 1.165) is 11.3 Å². The van der Waals surface area contributed by atoms with Gasteiger partial charge < -0.3 is 19.7 Å². The van der Waals surface area contributed by atoms with Crippen LogP contribution in [0.1, 0.15) is 70.8 Å². The Bertz CT molecular complexity index is 1420. The van der Waals surface area contributed by atoms with E-state index >= 15 is 0 Å². The van der Waals surface area contributed by atoms with Crippen molar-refractivity contribution < 1.29 is 23.9 Å². The molecule has 1 unspecified atom stereocenters. The van der Waals surface area contributed by atoms with Crippen molar-refractivity contribution in [3.63, 3.8) is 0 Å². The molecule has 2 heterocycles. The molecule has 1 atom stereocenters. The summed E-state index contributed by atoms with van der Waals surface area (Å²) in [4.78, 5) is 39.8. The highest BCUT2D eigenvalue weighted by atomic mass is 32.2. The molecule has 0 saturated carbocycles. The van der Waals surface area contributed by atoms with E-state index in [1.807, 2.05) is 23.6 Å². The van der Waals surface area contributed by atoms with E-state index in [2.05, 4.69) is 55.0 Å². The van der Waals surface area contributed by atoms with Crippen LogP contribution in [0.5, 0.6) is 5.75 Å². The van der Waals surface area contributed by atoms with Crippen molar-refractivity contribution in [1.82, 2.24) is 19.7 Å². The van der Waals surface area contributed by atoms with Crippen molar-refractivity contribution >= 4 is 45.9 Å². The predicted octanol–water partition coefficient (Wildman–Crippen LogP) is 5.49. The number of allylic oxidation sites excluding steroid dienone is 1. The Morgan fingerprint density at radius 2 is 1.85 bits per heavy atom. The first-order valence-electron chi connectivity index (χ1n) is 13.0. The molecule has 0 aliphatic rings. The second kappa shape index (κ2) is 13.3. The predicted molar refractivity (Wildman–Crippen MR) is 162 cm³/mol. The number of nitrogens with zero attached hydrogens (tertiary/aromatic N) is 4. The molecule has 12 heteroatoms. The summed E-state index contributed by atoms with van der Waals surface area (Å²) in [5.41, 5.74) is 1.88. The van der Waals surface area contributed by atoms with Crippen molar-refractivity contribution in [2.75, 3.05) is 32.3 Å². The molecule has 2 aromatic heterocycles. The molecule has 0 aliphatic heterocycles. The molecule has 3 rings (SSSR count). The van der Waals surface area contributed by atoms with Crippen molar-refractivity contribution in [1.29, 1.82) is 0 Å². The molecule has 0 aliphatic carbocycles. The quantitative estimate of drug-likeness (QED) is 0.175. The van der Waals surface area contributed by atoms with Gasteiger partial charge in [0.1, 0.15) is 10.8 Å². The number of carbonyl (C=O) groups excluding carboxylic acids is 3. The third-order valence-corrected chi connectivity index (χ3v) is 8.34. The molecule has 0 fully saturated rings. The molecule has 41 heavy (non-hydrogen) atoms. The van der Waals surface area contributed by atoms with Gasteiger partial charge in [0.05, 0.1) is 23.3 Å². The fourth-order valence-electron chi connectivity index (χ4n) is 3.95. The second-order valence-electron chi connectivity index (χ2n) is 10.6. The average Bonchev–Trinajstić information content (AvgIpc) is 3.46. The Hall–Kier alpha value is -3.64. The van der Waals surface area contributed by atoms with Crippen LogP contribution in [0.15, 0.2) is 42.1 Å². The number of aromatic nitrogens is 3. The third-order valence-electron chi connectivity index (χ3n) is 6.18. The van der Waals surface area contributed by atoms with Crippen LogP contribution in [0, 0.1) is 6.92 Å². The van der Waals surface area contributed by atoms with Gasteiger partial charge in [0.25, 0.3) is 5.91 Å². The van der Waals surface area contributed by atoms with Crippen molar-refractivity contribution in [2.24, 2.45) is 0 Å². The Balaban J connectivity index is 1.74. The summed E-state index contributed by atoms with van der Waals surface area (Å²) in [5.74, 6) is 0.0420. The number of hydrogen-bond donors (Lipinski definition) is 1. The zero-order valence-corrected chi connectivity index (χ0v) is 26.4. The maximum absolute atomic E-state index is 12.9. The second-order valence-corrected chi connectivity index (χ2v) is 12.5. The molecule has 10 nitrogen and oxygen atoms in total. The van der Waals surface area contributed by atoms with Gasteiger partial charge in [-0.05, 0) is 42.5 Å². The first kappa shape index (κ1) is 31.9. The van der Waals surface area contributed by atoms with Crippen molar-refractivity contribution in [2.45, 2.75) is 57.8 Å². The number of nitrogens with one attached hydrogen (secondary N) is 1. The number of hydrogen-bond acceptors (Lipinski definition) is 9. The molecular formula is C29H37N5O5S2. The monoisotopic (exact) mass is 599 g/mol. The zero-order valence-electron chi connectivity index (χ0n) is 24.7. The average molecular weight is 600 g/mol. The maximum atomic E-state index is 12.9. The van der Waals surface area contributed by atoms with Gasteiger partial charge in [-0.25, -0.2) is 4.79 Å². The highest BCUT2D eigenvalue weighted by Gasteiger charge is 2.27. The number of anilines is 1. The van der Waals surface area contributed by atoms with Crippen LogP contribution in [0.25, 0.3) is 0 Å². The number of ether oxygens (including phenoxy) is 2. The minimum absolute atomic E-state index is 0.00665. The van der Waals surface area contributed by atoms with Gasteiger partial charge in [0, 0.05) is 20.6 Å². The van der Waals surface area contributed by atoms with E-state index in [-0.39, 0.29) is 33.5 Å². The highest BCUT2D eigenvalue weighted by Crippen LogP contribution is 2.35. The third kappa shape index (κ3) is 7.56. The van der Waals surface area contributed by atoms with Crippen molar-refractivity contribution in [3.8, 4) is 5.75 Å². The molecular weight excluding hydrogens is 562 g/mol. The van der Waals surface area contributed by atoms with E-state index in [4.69, 9.17) is 9.47 Å². The number of rotatable bonds is 11. The number of esters is 1. The number of methoxy groups -OCH3 is 1. The van der Waals surface area contributed by atoms with Gasteiger partial charge >= 0.3 is 5.97 Å². The highest BCUT2D eigenvalue weighted by molar-refractivity contribution is 7.99. The Morgan fingerprint density at radius 1 is 1.20 bits per heavy atom. The SMILES string of the molecule is C=CCn1c(SCC(=O)Nc2sc(C(=O)N(C)C)c(C)c2C(=O)OC)nnc1C(C)Oc1ccc(C(C)(C)C)cc1. The molecule has 0 bridgehead atoms. The van der Waals surface area contributed by atoms with Crippen LogP contribution in [-0.4, -0.2) is 64.4 Å². The largest absolute Gasteiger partial charge is 0.483 e. The van der Waals surface area contributed by atoms with Gasteiger partial charge in [-0.1, -0.05) is 50.7 Å². The number of benzene rings is 1. The maximum Gasteiger partial charge on any atom is 0.341 e. The summed E-state index contributed by atoms with van der Waals surface area (Å²) >= 11 is 2.24.